The molecule has 8 heteroatoms. The van der Waals surface area contributed by atoms with E-state index in [0.29, 0.717) is 19.5 Å². The monoisotopic (exact) mass is 443 g/mol. The predicted octanol–water partition coefficient (Wildman–Crippen LogP) is 3.89. The number of amides is 1. The van der Waals surface area contributed by atoms with Crippen LogP contribution in [0.3, 0.4) is 0 Å². The molecule has 6 nitrogen and oxygen atoms in total. The first-order valence-electron chi connectivity index (χ1n) is 10.3. The minimum Gasteiger partial charge on any atom is -0.497 e. The molecule has 2 heterocycles. The van der Waals surface area contributed by atoms with Gasteiger partial charge in [-0.2, -0.15) is 13.8 Å². The van der Waals surface area contributed by atoms with Gasteiger partial charge in [0, 0.05) is 13.1 Å². The lowest BCUT2D eigenvalue weighted by Gasteiger charge is -2.27. The van der Waals surface area contributed by atoms with Gasteiger partial charge in [-0.1, -0.05) is 24.0 Å². The van der Waals surface area contributed by atoms with Crippen molar-refractivity contribution in [2.45, 2.75) is 44.9 Å². The zero-order valence-electron chi connectivity index (χ0n) is 18.7. The molecule has 1 aromatic heterocycles. The molecule has 1 saturated heterocycles. The van der Waals surface area contributed by atoms with Gasteiger partial charge in [0.2, 0.25) is 11.9 Å². The van der Waals surface area contributed by atoms with E-state index in [4.69, 9.17) is 9.47 Å². The van der Waals surface area contributed by atoms with Gasteiger partial charge in [0.1, 0.15) is 16.9 Å². The van der Waals surface area contributed by atoms with Crippen molar-refractivity contribution in [3.63, 3.8) is 0 Å². The third-order valence-electron chi connectivity index (χ3n) is 4.96. The molecule has 2 aromatic rings. The fourth-order valence-electron chi connectivity index (χ4n) is 3.29. The molecule has 0 saturated carbocycles. The fourth-order valence-corrected chi connectivity index (χ4v) is 3.29. The number of halogens is 2. The van der Waals surface area contributed by atoms with Crippen molar-refractivity contribution >= 4 is 6.09 Å². The molecule has 1 N–H and O–H groups in total. The summed E-state index contributed by atoms with van der Waals surface area (Å²) in [5.74, 6) is 4.72. The molecular formula is C24H27F2N3O3. The van der Waals surface area contributed by atoms with Crippen molar-refractivity contribution in [1.82, 2.24) is 15.2 Å². The first kappa shape index (κ1) is 23.5. The number of hydrogen-bond acceptors (Lipinski definition) is 5. The van der Waals surface area contributed by atoms with Crippen molar-refractivity contribution < 1.29 is 23.0 Å². The van der Waals surface area contributed by atoms with E-state index >= 15 is 0 Å². The number of carbonyl (C=O) groups is 1. The number of likely N-dealkylation sites (tertiary alicyclic amines) is 1. The van der Waals surface area contributed by atoms with Crippen molar-refractivity contribution in [3.8, 4) is 17.6 Å². The lowest BCUT2D eigenvalue weighted by atomic mass is 9.98. The van der Waals surface area contributed by atoms with Crippen LogP contribution in [-0.2, 0) is 11.3 Å². The highest BCUT2D eigenvalue weighted by molar-refractivity contribution is 5.69. The lowest BCUT2D eigenvalue weighted by Crippen LogP contribution is -2.47. The topological polar surface area (TPSA) is 63.7 Å². The van der Waals surface area contributed by atoms with Crippen LogP contribution >= 0.6 is 0 Å². The van der Waals surface area contributed by atoms with Gasteiger partial charge >= 0.3 is 6.09 Å². The molecule has 1 amide bonds. The van der Waals surface area contributed by atoms with Crippen LogP contribution in [-0.4, -0.2) is 47.3 Å². The minimum absolute atomic E-state index is 0.00672. The quantitative estimate of drug-likeness (QED) is 0.574. The fraction of sp³-hybridized carbons (Fsp3) is 0.417. The number of methoxy groups -OCH3 is 1. The van der Waals surface area contributed by atoms with Gasteiger partial charge < -0.3 is 14.4 Å². The van der Waals surface area contributed by atoms with E-state index in [0.717, 1.165) is 17.4 Å². The Kier molecular flexibility index (Phi) is 6.99. The van der Waals surface area contributed by atoms with E-state index in [1.807, 2.05) is 24.3 Å². The van der Waals surface area contributed by atoms with Gasteiger partial charge in [0.25, 0.3) is 0 Å². The highest BCUT2D eigenvalue weighted by Crippen LogP contribution is 2.24. The molecule has 1 aliphatic heterocycles. The molecule has 32 heavy (non-hydrogen) atoms. The number of carbonyl (C=O) groups excluding carboxylic acids is 1. The van der Waals surface area contributed by atoms with Crippen molar-refractivity contribution in [2.75, 3.05) is 20.2 Å². The molecule has 1 aliphatic rings. The number of hydrogen-bond donors (Lipinski definition) is 1. The number of ether oxygens (including phenoxy) is 2. The molecule has 1 unspecified atom stereocenters. The van der Waals surface area contributed by atoms with Gasteiger partial charge in [0.05, 0.1) is 19.2 Å². The number of rotatable bonds is 4. The van der Waals surface area contributed by atoms with E-state index < -0.39 is 29.1 Å². The van der Waals surface area contributed by atoms with Gasteiger partial charge in [-0.15, -0.1) is 0 Å². The summed E-state index contributed by atoms with van der Waals surface area (Å²) < 4.78 is 37.8. The highest BCUT2D eigenvalue weighted by Gasteiger charge is 2.40. The van der Waals surface area contributed by atoms with E-state index in [9.17, 15) is 13.6 Å². The average Bonchev–Trinajstić information content (AvgIpc) is 3.16. The molecule has 1 fully saturated rings. The van der Waals surface area contributed by atoms with Crippen LogP contribution in [0.1, 0.15) is 38.3 Å². The van der Waals surface area contributed by atoms with Crippen LogP contribution in [0.5, 0.6) is 5.75 Å². The minimum atomic E-state index is -0.968. The largest absolute Gasteiger partial charge is 0.497 e. The summed E-state index contributed by atoms with van der Waals surface area (Å²) in [4.78, 5) is 17.3. The molecule has 0 aliphatic carbocycles. The maximum atomic E-state index is 14.0. The van der Waals surface area contributed by atoms with Crippen LogP contribution in [0.25, 0.3) is 0 Å². The highest BCUT2D eigenvalue weighted by atomic mass is 19.1. The number of aromatic nitrogens is 1. The Labute approximate surface area is 186 Å². The molecule has 0 radical (unpaired) electrons. The van der Waals surface area contributed by atoms with Crippen LogP contribution < -0.4 is 10.1 Å². The summed E-state index contributed by atoms with van der Waals surface area (Å²) in [6.07, 6.45) is 0.0908. The Morgan fingerprint density at radius 3 is 2.56 bits per heavy atom. The van der Waals surface area contributed by atoms with Crippen LogP contribution in [0.2, 0.25) is 0 Å². The molecule has 1 atom stereocenters. The molecule has 0 bridgehead atoms. The van der Waals surface area contributed by atoms with Crippen molar-refractivity contribution in [3.05, 3.63) is 59.4 Å². The molecule has 1 aromatic carbocycles. The lowest BCUT2D eigenvalue weighted by molar-refractivity contribution is 0.0286. The second kappa shape index (κ2) is 9.53. The SMILES string of the molecule is COc1ccc(CNC2(C#Cc3ccc(F)nc3F)CCN(C(=O)OC(C)(C)C)C2)cc1. The van der Waals surface area contributed by atoms with E-state index in [2.05, 4.69) is 22.1 Å². The normalized spacial score (nSPS) is 18.1. The number of nitrogens with one attached hydrogen (secondary N) is 1. The molecule has 3 rings (SSSR count). The van der Waals surface area contributed by atoms with Crippen molar-refractivity contribution in [1.29, 1.82) is 0 Å². The van der Waals surface area contributed by atoms with Crippen LogP contribution in [0.15, 0.2) is 36.4 Å². The Morgan fingerprint density at radius 1 is 1.22 bits per heavy atom. The van der Waals surface area contributed by atoms with Gasteiger partial charge in [0.15, 0.2) is 0 Å². The summed E-state index contributed by atoms with van der Waals surface area (Å²) in [5.41, 5.74) is -0.421. The first-order valence-corrected chi connectivity index (χ1v) is 10.3. The summed E-state index contributed by atoms with van der Waals surface area (Å²) in [6.45, 7) is 6.59. The Bertz CT molecular complexity index is 1030. The zero-order chi connectivity index (χ0) is 23.4. The maximum Gasteiger partial charge on any atom is 0.410 e. The second-order valence-corrected chi connectivity index (χ2v) is 8.66. The van der Waals surface area contributed by atoms with Crippen molar-refractivity contribution in [2.24, 2.45) is 0 Å². The van der Waals surface area contributed by atoms with Gasteiger partial charge in [-0.3, -0.25) is 5.32 Å². The summed E-state index contributed by atoms with van der Waals surface area (Å²) in [6, 6.07) is 9.88. The average molecular weight is 443 g/mol. The second-order valence-electron chi connectivity index (χ2n) is 8.66. The van der Waals surface area contributed by atoms with E-state index in [-0.39, 0.29) is 12.1 Å². The first-order chi connectivity index (χ1) is 15.1. The predicted molar refractivity (Wildman–Crippen MR) is 116 cm³/mol. The Balaban J connectivity index is 1.82. The number of nitrogens with zero attached hydrogens (tertiary/aromatic N) is 2. The van der Waals surface area contributed by atoms with E-state index in [1.54, 1.807) is 32.8 Å². The molecular weight excluding hydrogens is 416 g/mol. The third kappa shape index (κ3) is 6.17. The summed E-state index contributed by atoms with van der Waals surface area (Å²) in [5, 5.41) is 3.42. The Morgan fingerprint density at radius 2 is 1.94 bits per heavy atom. The number of benzene rings is 1. The summed E-state index contributed by atoms with van der Waals surface area (Å²) in [7, 11) is 1.60. The maximum absolute atomic E-state index is 14.0. The number of pyridine rings is 1. The molecule has 0 spiro atoms. The standard InChI is InChI=1S/C24H27F2N3O3/c1-23(2,3)32-22(30)29-14-13-24(16-29,12-11-18-7-10-20(25)28-21(18)26)27-15-17-5-8-19(31-4)9-6-17/h5-10,27H,13-16H2,1-4H3. The van der Waals surface area contributed by atoms with Gasteiger partial charge in [-0.25, -0.2) is 4.79 Å². The summed E-state index contributed by atoms with van der Waals surface area (Å²) >= 11 is 0. The zero-order valence-corrected chi connectivity index (χ0v) is 18.7. The Hall–Kier alpha value is -3.18. The van der Waals surface area contributed by atoms with Crippen LogP contribution in [0.4, 0.5) is 13.6 Å². The smallest absolute Gasteiger partial charge is 0.410 e. The molecule has 170 valence electrons. The van der Waals surface area contributed by atoms with Gasteiger partial charge in [-0.05, 0) is 57.0 Å². The van der Waals surface area contributed by atoms with Crippen LogP contribution in [0, 0.1) is 23.7 Å². The van der Waals surface area contributed by atoms with E-state index in [1.165, 1.54) is 6.07 Å². The third-order valence-corrected chi connectivity index (χ3v) is 4.96.